The molecular weight excluding hydrogens is 204 g/mol. The van der Waals surface area contributed by atoms with Crippen molar-refractivity contribution in [2.24, 2.45) is 5.92 Å². The van der Waals surface area contributed by atoms with Crippen molar-refractivity contribution in [3.8, 4) is 0 Å². The molecule has 1 atom stereocenters. The predicted molar refractivity (Wildman–Crippen MR) is 59.3 cm³/mol. The molecule has 2 nitrogen and oxygen atoms in total. The van der Waals surface area contributed by atoms with Gasteiger partial charge in [-0.1, -0.05) is 13.0 Å². The molecule has 0 aromatic carbocycles. The summed E-state index contributed by atoms with van der Waals surface area (Å²) in [6, 6.07) is 0. The van der Waals surface area contributed by atoms with E-state index in [0.29, 0.717) is 0 Å². The molecule has 0 radical (unpaired) electrons. The van der Waals surface area contributed by atoms with E-state index in [1.807, 2.05) is 6.92 Å². The van der Waals surface area contributed by atoms with Crippen molar-refractivity contribution in [2.75, 3.05) is 11.5 Å². The molecule has 0 unspecified atom stereocenters. The molecule has 1 aliphatic heterocycles. The fraction of sp³-hybridized carbons (Fsp3) is 0.667. The molecule has 0 aliphatic carbocycles. The standard InChI is InChI=1S/C9H14O2S2/c1-3-7(2)9(8(10)11)12-5-4-6-13-9/h3,7H,1,4-6H2,2H3,(H,10,11)/t7-/m0/s1. The van der Waals surface area contributed by atoms with E-state index in [4.69, 9.17) is 0 Å². The maximum atomic E-state index is 11.2. The van der Waals surface area contributed by atoms with Crippen LogP contribution >= 0.6 is 23.5 Å². The van der Waals surface area contributed by atoms with E-state index in [9.17, 15) is 9.90 Å². The molecule has 4 heteroatoms. The normalized spacial score (nSPS) is 23.5. The summed E-state index contributed by atoms with van der Waals surface area (Å²) in [4.78, 5) is 11.2. The van der Waals surface area contributed by atoms with Crippen LogP contribution in [0.1, 0.15) is 13.3 Å². The zero-order chi connectivity index (χ0) is 9.90. The fourth-order valence-electron chi connectivity index (χ4n) is 1.28. The Morgan fingerprint density at radius 3 is 2.54 bits per heavy atom. The minimum absolute atomic E-state index is 0.0142. The van der Waals surface area contributed by atoms with Crippen LogP contribution in [-0.4, -0.2) is 26.7 Å². The fourth-order valence-corrected chi connectivity index (χ4v) is 4.45. The summed E-state index contributed by atoms with van der Waals surface area (Å²) in [6.45, 7) is 5.60. The number of aliphatic carboxylic acids is 1. The van der Waals surface area contributed by atoms with E-state index in [2.05, 4.69) is 6.58 Å². The lowest BCUT2D eigenvalue weighted by molar-refractivity contribution is -0.138. The minimum atomic E-state index is -0.713. The second kappa shape index (κ2) is 4.42. The van der Waals surface area contributed by atoms with Crippen molar-refractivity contribution >= 4 is 29.5 Å². The Morgan fingerprint density at radius 1 is 1.62 bits per heavy atom. The van der Waals surface area contributed by atoms with Gasteiger partial charge in [-0.25, -0.2) is 4.79 Å². The number of hydrogen-bond donors (Lipinski definition) is 1. The molecule has 1 aliphatic rings. The molecule has 0 amide bonds. The lowest BCUT2D eigenvalue weighted by atomic mass is 10.1. The van der Waals surface area contributed by atoms with Crippen molar-refractivity contribution in [2.45, 2.75) is 17.4 Å². The van der Waals surface area contributed by atoms with Crippen LogP contribution in [0.5, 0.6) is 0 Å². The molecule has 1 saturated heterocycles. The van der Waals surface area contributed by atoms with Crippen LogP contribution in [0, 0.1) is 5.92 Å². The average Bonchev–Trinajstić information content (AvgIpc) is 2.17. The summed E-state index contributed by atoms with van der Waals surface area (Å²) in [5.41, 5.74) is 0. The molecule has 0 saturated carbocycles. The van der Waals surface area contributed by atoms with Crippen molar-refractivity contribution in [3.05, 3.63) is 12.7 Å². The summed E-state index contributed by atoms with van der Waals surface area (Å²) in [7, 11) is 0. The third-order valence-corrected chi connectivity index (χ3v) is 5.82. The molecule has 1 rings (SSSR count). The topological polar surface area (TPSA) is 37.3 Å². The maximum absolute atomic E-state index is 11.2. The van der Waals surface area contributed by atoms with Gasteiger partial charge in [-0.2, -0.15) is 0 Å². The molecule has 74 valence electrons. The highest BCUT2D eigenvalue weighted by Gasteiger charge is 2.45. The molecular formula is C9H14O2S2. The summed E-state index contributed by atoms with van der Waals surface area (Å²) in [5, 5.41) is 9.20. The van der Waals surface area contributed by atoms with Gasteiger partial charge >= 0.3 is 5.97 Å². The number of rotatable bonds is 3. The maximum Gasteiger partial charge on any atom is 0.330 e. The van der Waals surface area contributed by atoms with Gasteiger partial charge in [-0.05, 0) is 17.9 Å². The van der Waals surface area contributed by atoms with Crippen LogP contribution in [0.4, 0.5) is 0 Å². The molecule has 13 heavy (non-hydrogen) atoms. The Labute approximate surface area is 87.2 Å². The Kier molecular flexibility index (Phi) is 3.74. The zero-order valence-electron chi connectivity index (χ0n) is 7.66. The van der Waals surface area contributed by atoms with Crippen molar-refractivity contribution in [1.82, 2.24) is 0 Å². The monoisotopic (exact) mass is 218 g/mol. The molecule has 0 bridgehead atoms. The Hall–Kier alpha value is -0.0900. The van der Waals surface area contributed by atoms with Crippen molar-refractivity contribution in [3.63, 3.8) is 0 Å². The van der Waals surface area contributed by atoms with Gasteiger partial charge in [-0.15, -0.1) is 30.1 Å². The van der Waals surface area contributed by atoms with E-state index in [1.54, 1.807) is 29.6 Å². The van der Waals surface area contributed by atoms with Gasteiger partial charge in [0.1, 0.15) is 0 Å². The van der Waals surface area contributed by atoms with Gasteiger partial charge in [0.05, 0.1) is 0 Å². The highest BCUT2D eigenvalue weighted by molar-refractivity contribution is 8.19. The van der Waals surface area contributed by atoms with Crippen LogP contribution in [-0.2, 0) is 4.79 Å². The summed E-state index contributed by atoms with van der Waals surface area (Å²) in [6.07, 6.45) is 2.84. The van der Waals surface area contributed by atoms with Crippen LogP contribution in [0.2, 0.25) is 0 Å². The van der Waals surface area contributed by atoms with Crippen LogP contribution in [0.15, 0.2) is 12.7 Å². The third-order valence-electron chi connectivity index (χ3n) is 2.17. The zero-order valence-corrected chi connectivity index (χ0v) is 9.29. The van der Waals surface area contributed by atoms with Crippen molar-refractivity contribution < 1.29 is 9.90 Å². The quantitative estimate of drug-likeness (QED) is 0.738. The highest BCUT2D eigenvalue weighted by atomic mass is 32.2. The minimum Gasteiger partial charge on any atom is -0.480 e. The predicted octanol–water partition coefficient (Wildman–Crippen LogP) is 2.46. The first-order valence-electron chi connectivity index (χ1n) is 4.27. The summed E-state index contributed by atoms with van der Waals surface area (Å²) >= 11 is 3.09. The van der Waals surface area contributed by atoms with Gasteiger partial charge in [0.25, 0.3) is 0 Å². The lowest BCUT2D eigenvalue weighted by Crippen LogP contribution is -2.40. The molecule has 0 spiro atoms. The highest BCUT2D eigenvalue weighted by Crippen LogP contribution is 2.47. The van der Waals surface area contributed by atoms with E-state index >= 15 is 0 Å². The molecule has 0 aromatic heterocycles. The summed E-state index contributed by atoms with van der Waals surface area (Å²) in [5.74, 6) is 1.18. The number of carboxylic acids is 1. The first-order valence-corrected chi connectivity index (χ1v) is 6.24. The van der Waals surface area contributed by atoms with E-state index in [1.165, 1.54) is 0 Å². The van der Waals surface area contributed by atoms with Crippen LogP contribution < -0.4 is 0 Å². The van der Waals surface area contributed by atoms with Gasteiger partial charge in [-0.3, -0.25) is 0 Å². The lowest BCUT2D eigenvalue weighted by Gasteiger charge is -2.35. The van der Waals surface area contributed by atoms with E-state index < -0.39 is 10.0 Å². The largest absolute Gasteiger partial charge is 0.480 e. The van der Waals surface area contributed by atoms with Crippen molar-refractivity contribution in [1.29, 1.82) is 0 Å². The molecule has 1 N–H and O–H groups in total. The SMILES string of the molecule is C=C[C@H](C)C1(C(=O)O)SCCCS1. The molecule has 0 aromatic rings. The first-order chi connectivity index (χ1) is 6.13. The number of carbonyl (C=O) groups is 1. The smallest absolute Gasteiger partial charge is 0.330 e. The molecule has 1 heterocycles. The number of hydrogen-bond acceptors (Lipinski definition) is 3. The average molecular weight is 218 g/mol. The second-order valence-electron chi connectivity index (χ2n) is 3.05. The molecule has 1 fully saturated rings. The second-order valence-corrected chi connectivity index (χ2v) is 5.99. The number of thioether (sulfide) groups is 2. The summed E-state index contributed by atoms with van der Waals surface area (Å²) < 4.78 is -0.681. The van der Waals surface area contributed by atoms with Gasteiger partial charge in [0, 0.05) is 5.92 Å². The van der Waals surface area contributed by atoms with Gasteiger partial charge < -0.3 is 5.11 Å². The third kappa shape index (κ3) is 2.05. The van der Waals surface area contributed by atoms with Gasteiger partial charge in [0.15, 0.2) is 4.08 Å². The van der Waals surface area contributed by atoms with Crippen LogP contribution in [0.3, 0.4) is 0 Å². The van der Waals surface area contributed by atoms with E-state index in [0.717, 1.165) is 17.9 Å². The first kappa shape index (κ1) is 11.0. The van der Waals surface area contributed by atoms with Gasteiger partial charge in [0.2, 0.25) is 0 Å². The number of carboxylic acid groups (broad SMARTS) is 1. The van der Waals surface area contributed by atoms with E-state index in [-0.39, 0.29) is 5.92 Å². The Bertz CT molecular complexity index is 210. The van der Waals surface area contributed by atoms with Crippen LogP contribution in [0.25, 0.3) is 0 Å². The number of allylic oxidation sites excluding steroid dienone is 1. The Morgan fingerprint density at radius 2 is 2.15 bits per heavy atom. The Balaban J connectivity index is 2.84.